The average Bonchev–Trinajstić information content (AvgIpc) is 2.94. The number of rotatable bonds is 1. The van der Waals surface area contributed by atoms with Gasteiger partial charge in [0, 0.05) is 17.3 Å². The fourth-order valence-corrected chi connectivity index (χ4v) is 2.64. The summed E-state index contributed by atoms with van der Waals surface area (Å²) in [5, 5.41) is 3.44. The van der Waals surface area contributed by atoms with Gasteiger partial charge in [0.1, 0.15) is 0 Å². The summed E-state index contributed by atoms with van der Waals surface area (Å²) in [4.78, 5) is 4.49. The van der Waals surface area contributed by atoms with Crippen molar-refractivity contribution in [1.29, 1.82) is 0 Å². The number of pyridine rings is 1. The molecular weight excluding hydrogens is 160 g/mol. The zero-order valence-electron chi connectivity index (χ0n) is 7.66. The summed E-state index contributed by atoms with van der Waals surface area (Å²) < 4.78 is 0. The van der Waals surface area contributed by atoms with Gasteiger partial charge in [-0.15, -0.1) is 0 Å². The zero-order chi connectivity index (χ0) is 8.73. The highest BCUT2D eigenvalue weighted by Gasteiger charge is 2.56. The van der Waals surface area contributed by atoms with Crippen molar-refractivity contribution >= 4 is 0 Å². The maximum Gasteiger partial charge on any atom is 0.0469 e. The van der Waals surface area contributed by atoms with Crippen molar-refractivity contribution in [3.05, 3.63) is 30.1 Å². The van der Waals surface area contributed by atoms with Gasteiger partial charge in [-0.3, -0.25) is 4.98 Å². The van der Waals surface area contributed by atoms with Gasteiger partial charge in [0.2, 0.25) is 0 Å². The van der Waals surface area contributed by atoms with Gasteiger partial charge in [-0.25, -0.2) is 0 Å². The molecule has 0 unspecified atom stereocenters. The number of aromatic nitrogens is 1. The minimum Gasteiger partial charge on any atom is -0.316 e. The molecule has 2 aliphatic rings. The fraction of sp³-hybridized carbons (Fsp3) is 0.545. The monoisotopic (exact) mass is 174 g/mol. The number of hydrogen-bond donors (Lipinski definition) is 1. The van der Waals surface area contributed by atoms with Gasteiger partial charge < -0.3 is 5.32 Å². The number of piperidine rings is 1. The van der Waals surface area contributed by atoms with Crippen molar-refractivity contribution in [2.45, 2.75) is 18.3 Å². The van der Waals surface area contributed by atoms with E-state index in [0.29, 0.717) is 5.41 Å². The number of nitrogens with one attached hydrogen (secondary N) is 1. The molecule has 1 aromatic rings. The smallest absolute Gasteiger partial charge is 0.0469 e. The Balaban J connectivity index is 1.94. The lowest BCUT2D eigenvalue weighted by Gasteiger charge is -2.21. The van der Waals surface area contributed by atoms with E-state index in [1.165, 1.54) is 25.1 Å². The summed E-state index contributed by atoms with van der Waals surface area (Å²) in [5.41, 5.74) is 1.79. The third-order valence-corrected chi connectivity index (χ3v) is 3.55. The van der Waals surface area contributed by atoms with Crippen molar-refractivity contribution in [2.24, 2.45) is 5.92 Å². The highest BCUT2D eigenvalue weighted by atomic mass is 14.9. The van der Waals surface area contributed by atoms with Crippen LogP contribution in [0.15, 0.2) is 24.4 Å². The van der Waals surface area contributed by atoms with Gasteiger partial charge in [-0.05, 0) is 44.0 Å². The van der Waals surface area contributed by atoms with Gasteiger partial charge in [0.25, 0.3) is 0 Å². The summed E-state index contributed by atoms with van der Waals surface area (Å²) >= 11 is 0. The van der Waals surface area contributed by atoms with Gasteiger partial charge in [-0.2, -0.15) is 0 Å². The lowest BCUT2D eigenvalue weighted by molar-refractivity contribution is 0.438. The predicted molar refractivity (Wildman–Crippen MR) is 51.5 cm³/mol. The minimum atomic E-state index is 0.465. The maximum absolute atomic E-state index is 4.49. The molecule has 1 N–H and O–H groups in total. The summed E-state index contributed by atoms with van der Waals surface area (Å²) in [5.74, 6) is 0.858. The van der Waals surface area contributed by atoms with E-state index in [2.05, 4.69) is 22.4 Å². The Bertz CT molecular complexity index is 309. The Kier molecular flexibility index (Phi) is 1.47. The van der Waals surface area contributed by atoms with Crippen LogP contribution in [-0.2, 0) is 5.41 Å². The first kappa shape index (κ1) is 7.51. The van der Waals surface area contributed by atoms with Crippen LogP contribution in [0.2, 0.25) is 0 Å². The lowest BCUT2D eigenvalue weighted by Crippen LogP contribution is -2.31. The number of nitrogens with zero attached hydrogens (tertiary/aromatic N) is 1. The summed E-state index contributed by atoms with van der Waals surface area (Å²) in [6.45, 7) is 2.35. The molecule has 0 radical (unpaired) electrons. The van der Waals surface area contributed by atoms with Crippen LogP contribution in [0.5, 0.6) is 0 Å². The molecule has 2 atom stereocenters. The van der Waals surface area contributed by atoms with E-state index < -0.39 is 0 Å². The van der Waals surface area contributed by atoms with Gasteiger partial charge in [-0.1, -0.05) is 6.07 Å². The van der Waals surface area contributed by atoms with Crippen LogP contribution in [0.1, 0.15) is 18.5 Å². The molecule has 13 heavy (non-hydrogen) atoms. The molecule has 68 valence electrons. The topological polar surface area (TPSA) is 24.9 Å². The summed E-state index contributed by atoms with van der Waals surface area (Å²) in [6, 6.07) is 6.29. The SMILES string of the molecule is c1ccc([C@@]23CCNC[C@@H]2C3)nc1. The average molecular weight is 174 g/mol. The molecular formula is C11H14N2. The Morgan fingerprint density at radius 3 is 3.23 bits per heavy atom. The van der Waals surface area contributed by atoms with Crippen molar-refractivity contribution in [2.75, 3.05) is 13.1 Å². The van der Waals surface area contributed by atoms with Crippen molar-refractivity contribution in [3.63, 3.8) is 0 Å². The van der Waals surface area contributed by atoms with E-state index >= 15 is 0 Å². The highest BCUT2D eigenvalue weighted by Crippen LogP contribution is 2.56. The summed E-state index contributed by atoms with van der Waals surface area (Å²) in [6.07, 6.45) is 4.53. The molecule has 2 fully saturated rings. The molecule has 1 aliphatic carbocycles. The first-order chi connectivity index (χ1) is 6.42. The second-order valence-electron chi connectivity index (χ2n) is 4.23. The Morgan fingerprint density at radius 2 is 2.46 bits per heavy atom. The molecule has 1 saturated carbocycles. The molecule has 2 heteroatoms. The second kappa shape index (κ2) is 2.55. The number of hydrogen-bond acceptors (Lipinski definition) is 2. The molecule has 2 nitrogen and oxygen atoms in total. The predicted octanol–water partition coefficient (Wildman–Crippen LogP) is 1.33. The quantitative estimate of drug-likeness (QED) is 0.695. The van der Waals surface area contributed by atoms with Crippen molar-refractivity contribution in [3.8, 4) is 0 Å². The van der Waals surface area contributed by atoms with Crippen LogP contribution in [0.4, 0.5) is 0 Å². The largest absolute Gasteiger partial charge is 0.316 e. The maximum atomic E-state index is 4.49. The van der Waals surface area contributed by atoms with E-state index in [1.54, 1.807) is 0 Å². The molecule has 3 rings (SSSR count). The van der Waals surface area contributed by atoms with E-state index in [9.17, 15) is 0 Å². The van der Waals surface area contributed by atoms with Gasteiger partial charge in [0.15, 0.2) is 0 Å². The molecule has 1 aliphatic heterocycles. The number of fused-ring (bicyclic) bond motifs is 1. The Morgan fingerprint density at radius 1 is 1.46 bits per heavy atom. The van der Waals surface area contributed by atoms with Crippen LogP contribution in [0, 0.1) is 5.92 Å². The molecule has 0 bridgehead atoms. The van der Waals surface area contributed by atoms with Gasteiger partial charge in [0.05, 0.1) is 0 Å². The normalized spacial score (nSPS) is 36.8. The first-order valence-electron chi connectivity index (χ1n) is 5.04. The van der Waals surface area contributed by atoms with Crippen LogP contribution < -0.4 is 5.32 Å². The molecule has 2 heterocycles. The molecule has 1 aromatic heterocycles. The van der Waals surface area contributed by atoms with Crippen LogP contribution >= 0.6 is 0 Å². The van der Waals surface area contributed by atoms with E-state index in [0.717, 1.165) is 12.5 Å². The Labute approximate surface area is 78.4 Å². The van der Waals surface area contributed by atoms with Gasteiger partial charge >= 0.3 is 0 Å². The Hall–Kier alpha value is -0.890. The minimum absolute atomic E-state index is 0.465. The second-order valence-corrected chi connectivity index (χ2v) is 4.23. The van der Waals surface area contributed by atoms with Crippen LogP contribution in [0.25, 0.3) is 0 Å². The molecule has 1 saturated heterocycles. The highest BCUT2D eigenvalue weighted by molar-refractivity contribution is 5.29. The lowest BCUT2D eigenvalue weighted by atomic mass is 9.92. The standard InChI is InChI=1S/C11H14N2/c1-2-5-13-10(3-1)11-4-6-12-8-9(11)7-11/h1-3,5,9,12H,4,6-8H2/t9-,11+/m0/s1. The molecule has 0 amide bonds. The van der Waals surface area contributed by atoms with Crippen molar-refractivity contribution < 1.29 is 0 Å². The van der Waals surface area contributed by atoms with Crippen LogP contribution in [0.3, 0.4) is 0 Å². The van der Waals surface area contributed by atoms with Crippen LogP contribution in [-0.4, -0.2) is 18.1 Å². The van der Waals surface area contributed by atoms with E-state index in [1.807, 2.05) is 12.3 Å². The van der Waals surface area contributed by atoms with E-state index in [-0.39, 0.29) is 0 Å². The van der Waals surface area contributed by atoms with E-state index in [4.69, 9.17) is 0 Å². The zero-order valence-corrected chi connectivity index (χ0v) is 7.66. The summed E-state index contributed by atoms with van der Waals surface area (Å²) in [7, 11) is 0. The molecule has 0 aromatic carbocycles. The fourth-order valence-electron chi connectivity index (χ4n) is 2.64. The third-order valence-electron chi connectivity index (χ3n) is 3.55. The van der Waals surface area contributed by atoms with Crippen molar-refractivity contribution in [1.82, 2.24) is 10.3 Å². The third kappa shape index (κ3) is 1.02. The first-order valence-corrected chi connectivity index (χ1v) is 5.04. The molecule has 0 spiro atoms.